The fourth-order valence-corrected chi connectivity index (χ4v) is 4.37. The standard InChI is InChI=1S/C25H30N8O/c1-15-12-27-25(31-21-13-28-33(14-21)22-9-16(2)29-17(3)10-22)32-23(15)19-5-7-20(8-6-19)24(34)30-18(4)11-26/h5-8,12-14,16-18,22,29H,9-10H2,1-4H3,(H,30,34)(H,27,31,32)/t16-,17+,18-,22+/m0/s1. The fourth-order valence-electron chi connectivity index (χ4n) is 4.37. The number of hydrogen-bond acceptors (Lipinski definition) is 7. The average Bonchev–Trinajstić information content (AvgIpc) is 3.28. The minimum absolute atomic E-state index is 0.281. The molecule has 1 amide bonds. The monoisotopic (exact) mass is 458 g/mol. The van der Waals surface area contributed by atoms with E-state index in [1.54, 1.807) is 31.5 Å². The topological polar surface area (TPSA) is 121 Å². The molecule has 3 aromatic rings. The Balaban J connectivity index is 1.48. The summed E-state index contributed by atoms with van der Waals surface area (Å²) in [5, 5.41) is 22.9. The van der Waals surface area contributed by atoms with Crippen LogP contribution in [0.3, 0.4) is 0 Å². The average molecular weight is 459 g/mol. The number of carbonyl (C=O) groups excluding carboxylic acids is 1. The summed E-state index contributed by atoms with van der Waals surface area (Å²) in [6, 6.07) is 9.90. The molecule has 9 nitrogen and oxygen atoms in total. The number of benzene rings is 1. The van der Waals surface area contributed by atoms with Crippen molar-refractivity contribution >= 4 is 17.5 Å². The number of hydrogen-bond donors (Lipinski definition) is 3. The van der Waals surface area contributed by atoms with Crippen LogP contribution in [0, 0.1) is 18.3 Å². The van der Waals surface area contributed by atoms with Crippen molar-refractivity contribution in [1.29, 1.82) is 5.26 Å². The highest BCUT2D eigenvalue weighted by Gasteiger charge is 2.25. The van der Waals surface area contributed by atoms with E-state index in [0.717, 1.165) is 35.3 Å². The number of piperidine rings is 1. The summed E-state index contributed by atoms with van der Waals surface area (Å²) in [5.74, 6) is 0.203. The zero-order valence-corrected chi connectivity index (χ0v) is 19.9. The van der Waals surface area contributed by atoms with Gasteiger partial charge in [-0.2, -0.15) is 10.4 Å². The van der Waals surface area contributed by atoms with Gasteiger partial charge >= 0.3 is 0 Å². The number of aryl methyl sites for hydroxylation is 1. The molecule has 1 aliphatic heterocycles. The molecule has 0 unspecified atom stereocenters. The minimum Gasteiger partial charge on any atom is -0.337 e. The fraction of sp³-hybridized carbons (Fsp3) is 0.400. The van der Waals surface area contributed by atoms with Crippen molar-refractivity contribution < 1.29 is 4.79 Å². The number of nitriles is 1. The number of carbonyl (C=O) groups is 1. The number of nitrogens with one attached hydrogen (secondary N) is 3. The predicted molar refractivity (Wildman–Crippen MR) is 131 cm³/mol. The summed E-state index contributed by atoms with van der Waals surface area (Å²) in [5.41, 5.74) is 3.91. The van der Waals surface area contributed by atoms with E-state index in [4.69, 9.17) is 10.2 Å². The van der Waals surface area contributed by atoms with Crippen molar-refractivity contribution in [1.82, 2.24) is 30.4 Å². The molecule has 1 aliphatic rings. The molecule has 9 heteroatoms. The van der Waals surface area contributed by atoms with Gasteiger partial charge in [-0.3, -0.25) is 9.48 Å². The first-order valence-corrected chi connectivity index (χ1v) is 11.5. The van der Waals surface area contributed by atoms with Crippen LogP contribution in [0.2, 0.25) is 0 Å². The maximum absolute atomic E-state index is 12.2. The zero-order valence-electron chi connectivity index (χ0n) is 19.9. The summed E-state index contributed by atoms with van der Waals surface area (Å²) in [6.45, 7) is 8.01. The molecule has 0 saturated carbocycles. The van der Waals surface area contributed by atoms with Crippen LogP contribution in [0.25, 0.3) is 11.3 Å². The van der Waals surface area contributed by atoms with E-state index < -0.39 is 6.04 Å². The Labute approximate surface area is 199 Å². The first-order valence-electron chi connectivity index (χ1n) is 11.5. The van der Waals surface area contributed by atoms with Crippen molar-refractivity contribution in [2.45, 2.75) is 64.7 Å². The molecule has 0 bridgehead atoms. The van der Waals surface area contributed by atoms with Crippen LogP contribution in [-0.2, 0) is 0 Å². The molecule has 34 heavy (non-hydrogen) atoms. The highest BCUT2D eigenvalue weighted by molar-refractivity contribution is 5.95. The van der Waals surface area contributed by atoms with Gasteiger partial charge in [-0.25, -0.2) is 9.97 Å². The molecule has 2 aromatic heterocycles. The van der Waals surface area contributed by atoms with Crippen molar-refractivity contribution in [2.24, 2.45) is 0 Å². The van der Waals surface area contributed by atoms with Gasteiger partial charge < -0.3 is 16.0 Å². The molecule has 0 radical (unpaired) electrons. The molecule has 3 heterocycles. The minimum atomic E-state index is -0.546. The van der Waals surface area contributed by atoms with Gasteiger partial charge in [-0.05, 0) is 58.2 Å². The highest BCUT2D eigenvalue weighted by Crippen LogP contribution is 2.27. The van der Waals surface area contributed by atoms with Gasteiger partial charge in [0.1, 0.15) is 6.04 Å². The highest BCUT2D eigenvalue weighted by atomic mass is 16.1. The van der Waals surface area contributed by atoms with E-state index in [1.807, 2.05) is 36.0 Å². The molecular weight excluding hydrogens is 428 g/mol. The molecule has 176 valence electrons. The van der Waals surface area contributed by atoms with E-state index in [2.05, 4.69) is 39.9 Å². The lowest BCUT2D eigenvalue weighted by molar-refractivity contribution is 0.0948. The Bertz CT molecular complexity index is 1190. The third-order valence-corrected chi connectivity index (χ3v) is 5.99. The van der Waals surface area contributed by atoms with Gasteiger partial charge in [0.15, 0.2) is 0 Å². The van der Waals surface area contributed by atoms with Crippen LogP contribution < -0.4 is 16.0 Å². The number of anilines is 2. The first kappa shape index (κ1) is 23.4. The van der Waals surface area contributed by atoms with Gasteiger partial charge in [0, 0.05) is 35.6 Å². The van der Waals surface area contributed by atoms with E-state index in [-0.39, 0.29) is 5.91 Å². The Morgan fingerprint density at radius 1 is 1.21 bits per heavy atom. The summed E-state index contributed by atoms with van der Waals surface area (Å²) in [4.78, 5) is 21.4. The first-order chi connectivity index (χ1) is 16.3. The van der Waals surface area contributed by atoms with Crippen LogP contribution in [0.4, 0.5) is 11.6 Å². The van der Waals surface area contributed by atoms with Gasteiger partial charge in [-0.15, -0.1) is 0 Å². The largest absolute Gasteiger partial charge is 0.337 e. The normalized spacial score (nSPS) is 20.9. The van der Waals surface area contributed by atoms with Crippen LogP contribution in [0.5, 0.6) is 0 Å². The second-order valence-electron chi connectivity index (χ2n) is 9.05. The van der Waals surface area contributed by atoms with Crippen LogP contribution in [-0.4, -0.2) is 43.8 Å². The second-order valence-corrected chi connectivity index (χ2v) is 9.05. The number of nitrogens with zero attached hydrogens (tertiary/aromatic N) is 5. The van der Waals surface area contributed by atoms with Crippen LogP contribution >= 0.6 is 0 Å². The second kappa shape index (κ2) is 10.0. The lowest BCUT2D eigenvalue weighted by atomic mass is 9.95. The van der Waals surface area contributed by atoms with Gasteiger partial charge in [0.05, 0.1) is 29.7 Å². The predicted octanol–water partition coefficient (Wildman–Crippen LogP) is 3.74. The van der Waals surface area contributed by atoms with Gasteiger partial charge in [0.25, 0.3) is 5.91 Å². The quantitative estimate of drug-likeness (QED) is 0.515. The van der Waals surface area contributed by atoms with Crippen LogP contribution in [0.15, 0.2) is 42.9 Å². The lowest BCUT2D eigenvalue weighted by Crippen LogP contribution is -2.43. The molecule has 4 rings (SSSR count). The number of rotatable bonds is 6. The molecular formula is C25H30N8O. The third-order valence-electron chi connectivity index (χ3n) is 5.99. The van der Waals surface area contributed by atoms with E-state index in [0.29, 0.717) is 29.6 Å². The number of aromatic nitrogens is 4. The summed E-state index contributed by atoms with van der Waals surface area (Å²) in [6.07, 6.45) is 7.67. The Hall–Kier alpha value is -3.77. The molecule has 1 aromatic carbocycles. The van der Waals surface area contributed by atoms with Gasteiger partial charge in [0.2, 0.25) is 5.95 Å². The number of amides is 1. The molecule has 0 spiro atoms. The van der Waals surface area contributed by atoms with Crippen LogP contribution in [0.1, 0.15) is 55.6 Å². The smallest absolute Gasteiger partial charge is 0.252 e. The van der Waals surface area contributed by atoms with Crippen molar-refractivity contribution in [3.05, 3.63) is 54.0 Å². The van der Waals surface area contributed by atoms with Crippen molar-refractivity contribution in [3.63, 3.8) is 0 Å². The molecule has 0 aliphatic carbocycles. The molecule has 1 fully saturated rings. The van der Waals surface area contributed by atoms with E-state index >= 15 is 0 Å². The molecule has 1 saturated heterocycles. The molecule has 4 atom stereocenters. The maximum atomic E-state index is 12.2. The van der Waals surface area contributed by atoms with Gasteiger partial charge in [-0.1, -0.05) is 12.1 Å². The van der Waals surface area contributed by atoms with E-state index in [9.17, 15) is 4.79 Å². The van der Waals surface area contributed by atoms with E-state index in [1.165, 1.54) is 0 Å². The third kappa shape index (κ3) is 5.41. The summed E-state index contributed by atoms with van der Waals surface area (Å²) >= 11 is 0. The Morgan fingerprint density at radius 2 is 1.91 bits per heavy atom. The summed E-state index contributed by atoms with van der Waals surface area (Å²) < 4.78 is 2.03. The lowest BCUT2D eigenvalue weighted by Gasteiger charge is -2.32. The van der Waals surface area contributed by atoms with Crippen molar-refractivity contribution in [2.75, 3.05) is 5.32 Å². The Morgan fingerprint density at radius 3 is 2.59 bits per heavy atom. The van der Waals surface area contributed by atoms with Crippen molar-refractivity contribution in [3.8, 4) is 17.3 Å². The Kier molecular flexibility index (Phi) is 6.89. The summed E-state index contributed by atoms with van der Waals surface area (Å²) in [7, 11) is 0. The molecule has 3 N–H and O–H groups in total. The SMILES string of the molecule is Cc1cnc(Nc2cnn([C@H]3C[C@@H](C)N[C@@H](C)C3)c2)nc1-c1ccc(C(=O)N[C@@H](C)C#N)cc1. The zero-order chi connectivity index (χ0) is 24.2. The maximum Gasteiger partial charge on any atom is 0.252 e.